The van der Waals surface area contributed by atoms with Crippen LogP contribution in [0.15, 0.2) is 42.5 Å². The molecule has 0 aromatic heterocycles. The molecule has 0 bridgehead atoms. The quantitative estimate of drug-likeness (QED) is 0.876. The summed E-state index contributed by atoms with van der Waals surface area (Å²) in [6.07, 6.45) is 0. The number of rotatable bonds is 5. The maximum absolute atomic E-state index is 13.5. The smallest absolute Gasteiger partial charge is 0.234 e. The minimum absolute atomic E-state index is 0.126. The van der Waals surface area contributed by atoms with Gasteiger partial charge < -0.3 is 5.32 Å². The summed E-state index contributed by atoms with van der Waals surface area (Å²) in [4.78, 5) is 11.7. The lowest BCUT2D eigenvalue weighted by atomic mass is 10.2. The summed E-state index contributed by atoms with van der Waals surface area (Å²) >= 11 is 7.13. The summed E-state index contributed by atoms with van der Waals surface area (Å²) in [6.45, 7) is 0. The van der Waals surface area contributed by atoms with Crippen LogP contribution in [-0.4, -0.2) is 11.7 Å². The molecule has 0 aliphatic heterocycles. The molecule has 0 heterocycles. The lowest BCUT2D eigenvalue weighted by Gasteiger charge is -2.07. The minimum Gasteiger partial charge on any atom is -0.325 e. The molecule has 0 fully saturated rings. The molecule has 0 radical (unpaired) electrons. The van der Waals surface area contributed by atoms with E-state index in [0.717, 1.165) is 0 Å². The van der Waals surface area contributed by atoms with E-state index in [1.165, 1.54) is 42.1 Å². The largest absolute Gasteiger partial charge is 0.325 e. The highest BCUT2D eigenvalue weighted by atomic mass is 35.5. The molecule has 0 atom stereocenters. The number of carbonyl (C=O) groups is 1. The van der Waals surface area contributed by atoms with Gasteiger partial charge in [-0.1, -0.05) is 23.7 Å². The predicted molar refractivity (Wildman–Crippen MR) is 82.6 cm³/mol. The maximum Gasteiger partial charge on any atom is 0.234 e. The van der Waals surface area contributed by atoms with Gasteiger partial charge in [0.15, 0.2) is 0 Å². The molecule has 0 saturated heterocycles. The van der Waals surface area contributed by atoms with Crippen molar-refractivity contribution in [1.29, 1.82) is 0 Å². The van der Waals surface area contributed by atoms with Gasteiger partial charge in [-0.05, 0) is 30.3 Å². The molecule has 1 N–H and O–H groups in total. The Bertz CT molecular complexity index is 631. The Kier molecular flexibility index (Phi) is 5.59. The monoisotopic (exact) mass is 327 g/mol. The second kappa shape index (κ2) is 7.43. The summed E-state index contributed by atoms with van der Waals surface area (Å²) in [5, 5.41) is 2.91. The summed E-state index contributed by atoms with van der Waals surface area (Å²) in [6, 6.07) is 10.1. The van der Waals surface area contributed by atoms with Gasteiger partial charge >= 0.3 is 0 Å². The van der Waals surface area contributed by atoms with E-state index in [1.54, 1.807) is 12.1 Å². The van der Waals surface area contributed by atoms with Crippen molar-refractivity contribution in [2.45, 2.75) is 5.75 Å². The van der Waals surface area contributed by atoms with Crippen LogP contribution in [0, 0.1) is 11.6 Å². The SMILES string of the molecule is O=C(CSCc1c(F)cccc1Cl)Nc1cccc(F)c1. The molecule has 0 spiro atoms. The Morgan fingerprint density at radius 1 is 1.19 bits per heavy atom. The van der Waals surface area contributed by atoms with Crippen molar-refractivity contribution in [3.8, 4) is 0 Å². The topological polar surface area (TPSA) is 29.1 Å². The normalized spacial score (nSPS) is 10.4. The molecule has 0 unspecified atom stereocenters. The molecule has 2 nitrogen and oxygen atoms in total. The first-order valence-electron chi connectivity index (χ1n) is 6.12. The molecular formula is C15H12ClF2NOS. The predicted octanol–water partition coefficient (Wildman–Crippen LogP) is 4.49. The number of nitrogens with one attached hydrogen (secondary N) is 1. The number of anilines is 1. The zero-order valence-electron chi connectivity index (χ0n) is 10.9. The number of thioether (sulfide) groups is 1. The van der Waals surface area contributed by atoms with E-state index < -0.39 is 5.82 Å². The van der Waals surface area contributed by atoms with E-state index in [9.17, 15) is 13.6 Å². The second-order valence-electron chi connectivity index (χ2n) is 4.25. The van der Waals surface area contributed by atoms with E-state index in [0.29, 0.717) is 22.0 Å². The Hall–Kier alpha value is -1.59. The van der Waals surface area contributed by atoms with Crippen LogP contribution in [0.4, 0.5) is 14.5 Å². The number of halogens is 3. The average molecular weight is 328 g/mol. The Labute approximate surface area is 130 Å². The lowest BCUT2D eigenvalue weighted by molar-refractivity contribution is -0.113. The van der Waals surface area contributed by atoms with Gasteiger partial charge in [-0.15, -0.1) is 11.8 Å². The molecule has 110 valence electrons. The van der Waals surface area contributed by atoms with Gasteiger partial charge in [0, 0.05) is 22.0 Å². The van der Waals surface area contributed by atoms with Gasteiger partial charge in [0.05, 0.1) is 5.75 Å². The first-order chi connectivity index (χ1) is 10.1. The zero-order valence-corrected chi connectivity index (χ0v) is 12.5. The van der Waals surface area contributed by atoms with Crippen LogP contribution < -0.4 is 5.32 Å². The van der Waals surface area contributed by atoms with Crippen LogP contribution in [0.3, 0.4) is 0 Å². The molecule has 0 aliphatic carbocycles. The van der Waals surface area contributed by atoms with Gasteiger partial charge in [0.2, 0.25) is 5.91 Å². The van der Waals surface area contributed by atoms with E-state index in [1.807, 2.05) is 0 Å². The fraction of sp³-hybridized carbons (Fsp3) is 0.133. The molecule has 21 heavy (non-hydrogen) atoms. The van der Waals surface area contributed by atoms with Crippen molar-refractivity contribution in [3.63, 3.8) is 0 Å². The average Bonchev–Trinajstić information content (AvgIpc) is 2.42. The highest BCUT2D eigenvalue weighted by Gasteiger charge is 2.09. The van der Waals surface area contributed by atoms with E-state index in [2.05, 4.69) is 5.32 Å². The van der Waals surface area contributed by atoms with Crippen LogP contribution in [0.2, 0.25) is 5.02 Å². The van der Waals surface area contributed by atoms with Crippen molar-refractivity contribution in [1.82, 2.24) is 0 Å². The van der Waals surface area contributed by atoms with Crippen molar-refractivity contribution in [2.75, 3.05) is 11.1 Å². The highest BCUT2D eigenvalue weighted by Crippen LogP contribution is 2.24. The maximum atomic E-state index is 13.5. The fourth-order valence-corrected chi connectivity index (χ4v) is 2.85. The van der Waals surface area contributed by atoms with Crippen LogP contribution in [0.25, 0.3) is 0 Å². The molecule has 2 rings (SSSR count). The van der Waals surface area contributed by atoms with Crippen LogP contribution in [0.1, 0.15) is 5.56 Å². The van der Waals surface area contributed by atoms with Crippen LogP contribution in [0.5, 0.6) is 0 Å². The number of benzene rings is 2. The third kappa shape index (κ3) is 4.72. The number of hydrogen-bond acceptors (Lipinski definition) is 2. The van der Waals surface area contributed by atoms with E-state index in [4.69, 9.17) is 11.6 Å². The van der Waals surface area contributed by atoms with Gasteiger partial charge in [0.25, 0.3) is 0 Å². The third-order valence-electron chi connectivity index (χ3n) is 2.65. The summed E-state index contributed by atoms with van der Waals surface area (Å²) in [5.41, 5.74) is 0.771. The van der Waals surface area contributed by atoms with Crippen molar-refractivity contribution < 1.29 is 13.6 Å². The summed E-state index contributed by atoms with van der Waals surface area (Å²) < 4.78 is 26.5. The van der Waals surface area contributed by atoms with Crippen LogP contribution in [-0.2, 0) is 10.5 Å². The molecule has 0 aliphatic rings. The second-order valence-corrected chi connectivity index (χ2v) is 5.64. The highest BCUT2D eigenvalue weighted by molar-refractivity contribution is 7.99. The summed E-state index contributed by atoms with van der Waals surface area (Å²) in [5.74, 6) is -0.666. The fourth-order valence-electron chi connectivity index (χ4n) is 1.68. The Morgan fingerprint density at radius 2 is 1.95 bits per heavy atom. The number of hydrogen-bond donors (Lipinski definition) is 1. The van der Waals surface area contributed by atoms with Crippen molar-refractivity contribution in [2.24, 2.45) is 0 Å². The molecule has 6 heteroatoms. The third-order valence-corrected chi connectivity index (χ3v) is 3.96. The van der Waals surface area contributed by atoms with Crippen LogP contribution >= 0.6 is 23.4 Å². The molecule has 2 aromatic carbocycles. The first kappa shape index (κ1) is 15.8. The van der Waals surface area contributed by atoms with Gasteiger partial charge in [-0.25, -0.2) is 8.78 Å². The van der Waals surface area contributed by atoms with Gasteiger partial charge in [-0.2, -0.15) is 0 Å². The summed E-state index contributed by atoms with van der Waals surface area (Å²) in [7, 11) is 0. The Balaban J connectivity index is 1.85. The number of carbonyl (C=O) groups excluding carboxylic acids is 1. The minimum atomic E-state index is -0.418. The zero-order chi connectivity index (χ0) is 15.2. The Morgan fingerprint density at radius 3 is 2.67 bits per heavy atom. The lowest BCUT2D eigenvalue weighted by Crippen LogP contribution is -2.14. The number of amides is 1. The molecule has 1 amide bonds. The molecule has 0 saturated carbocycles. The molecule has 2 aromatic rings. The van der Waals surface area contributed by atoms with Gasteiger partial charge in [0.1, 0.15) is 11.6 Å². The first-order valence-corrected chi connectivity index (χ1v) is 7.65. The van der Waals surface area contributed by atoms with Crippen molar-refractivity contribution in [3.05, 3.63) is 64.7 Å². The van der Waals surface area contributed by atoms with Gasteiger partial charge in [-0.3, -0.25) is 4.79 Å². The molecular weight excluding hydrogens is 316 g/mol. The van der Waals surface area contributed by atoms with Crippen molar-refractivity contribution >= 4 is 35.0 Å². The van der Waals surface area contributed by atoms with E-state index >= 15 is 0 Å². The van der Waals surface area contributed by atoms with E-state index in [-0.39, 0.29) is 17.5 Å². The standard InChI is InChI=1S/C15H12ClF2NOS/c16-13-5-2-6-14(18)12(13)8-21-9-15(20)19-11-4-1-3-10(17)7-11/h1-7H,8-9H2,(H,19,20).